The normalized spacial score (nSPS) is 10.9. The largest absolute Gasteiger partial charge is 0.492 e. The fourth-order valence-electron chi connectivity index (χ4n) is 2.51. The van der Waals surface area contributed by atoms with Crippen LogP contribution in [0.1, 0.15) is 12.8 Å². The molecule has 2 aromatic heterocycles. The molecule has 0 bridgehead atoms. The van der Waals surface area contributed by atoms with Crippen LogP contribution >= 0.6 is 23.4 Å². The Hall–Kier alpha value is -2.91. The minimum absolute atomic E-state index is 0.377. The zero-order chi connectivity index (χ0) is 19.3. The highest BCUT2D eigenvalue weighted by Gasteiger charge is 2.16. The van der Waals surface area contributed by atoms with Crippen LogP contribution in [0.5, 0.6) is 5.75 Å². The summed E-state index contributed by atoms with van der Waals surface area (Å²) in [6.07, 6.45) is 0. The molecule has 10 heteroatoms. The van der Waals surface area contributed by atoms with Crippen molar-refractivity contribution in [3.8, 4) is 22.9 Å². The molecule has 0 N–H and O–H groups in total. The van der Waals surface area contributed by atoms with Crippen molar-refractivity contribution in [2.24, 2.45) is 0 Å². The number of hydrogen-bond donors (Lipinski definition) is 0. The van der Waals surface area contributed by atoms with Gasteiger partial charge in [0, 0.05) is 0 Å². The minimum Gasteiger partial charge on any atom is -0.492 e. The average molecular weight is 415 g/mol. The first-order chi connectivity index (χ1) is 13.8. The van der Waals surface area contributed by atoms with Gasteiger partial charge in [0.15, 0.2) is 0 Å². The molecule has 0 aliphatic heterocycles. The second kappa shape index (κ2) is 8.41. The number of benzene rings is 2. The van der Waals surface area contributed by atoms with Gasteiger partial charge in [0.2, 0.25) is 16.9 Å². The van der Waals surface area contributed by atoms with E-state index in [2.05, 4.69) is 25.7 Å². The molecule has 0 amide bonds. The van der Waals surface area contributed by atoms with Gasteiger partial charge in [-0.1, -0.05) is 47.6 Å². The molecule has 0 atom stereocenters. The fourth-order valence-corrected chi connectivity index (χ4v) is 3.45. The van der Waals surface area contributed by atoms with Crippen molar-refractivity contribution in [3.63, 3.8) is 0 Å². The molecular formula is C18H15ClN6O2S. The fraction of sp³-hybridized carbons (Fsp3) is 0.167. The Morgan fingerprint density at radius 1 is 1.07 bits per heavy atom. The van der Waals surface area contributed by atoms with Crippen molar-refractivity contribution in [2.45, 2.75) is 17.8 Å². The van der Waals surface area contributed by atoms with Gasteiger partial charge in [-0.15, -0.1) is 15.3 Å². The Morgan fingerprint density at radius 3 is 2.75 bits per heavy atom. The average Bonchev–Trinajstić information content (AvgIpc) is 3.37. The van der Waals surface area contributed by atoms with Crippen LogP contribution in [-0.4, -0.2) is 37.0 Å². The van der Waals surface area contributed by atoms with Gasteiger partial charge in [0.1, 0.15) is 11.4 Å². The van der Waals surface area contributed by atoms with Gasteiger partial charge < -0.3 is 9.15 Å². The van der Waals surface area contributed by atoms with Gasteiger partial charge in [-0.25, -0.2) is 0 Å². The quantitative estimate of drug-likeness (QED) is 0.418. The molecule has 0 aliphatic rings. The number of tetrazole rings is 1. The molecule has 2 heterocycles. The van der Waals surface area contributed by atoms with Crippen molar-refractivity contribution < 1.29 is 9.15 Å². The predicted octanol–water partition coefficient (Wildman–Crippen LogP) is 4.06. The van der Waals surface area contributed by atoms with Gasteiger partial charge >= 0.3 is 0 Å². The van der Waals surface area contributed by atoms with E-state index in [9.17, 15) is 0 Å². The van der Waals surface area contributed by atoms with Gasteiger partial charge in [0.05, 0.1) is 22.9 Å². The predicted molar refractivity (Wildman–Crippen MR) is 105 cm³/mol. The summed E-state index contributed by atoms with van der Waals surface area (Å²) in [7, 11) is 0. The van der Waals surface area contributed by atoms with Crippen LogP contribution in [0.4, 0.5) is 0 Å². The third-order valence-electron chi connectivity index (χ3n) is 3.73. The van der Waals surface area contributed by atoms with Crippen molar-refractivity contribution >= 4 is 23.4 Å². The third-order valence-corrected chi connectivity index (χ3v) is 4.96. The molecule has 0 unspecified atom stereocenters. The lowest BCUT2D eigenvalue weighted by Gasteiger charge is -2.10. The molecule has 8 nitrogen and oxygen atoms in total. The second-order valence-electron chi connectivity index (χ2n) is 5.54. The molecule has 28 heavy (non-hydrogen) atoms. The smallest absolute Gasteiger partial charge is 0.249 e. The monoisotopic (exact) mass is 414 g/mol. The highest BCUT2D eigenvalue weighted by molar-refractivity contribution is 7.98. The molecular weight excluding hydrogens is 400 g/mol. The summed E-state index contributed by atoms with van der Waals surface area (Å²) < 4.78 is 13.0. The number of hydrogen-bond acceptors (Lipinski definition) is 8. The first-order valence-corrected chi connectivity index (χ1v) is 9.83. The zero-order valence-electron chi connectivity index (χ0n) is 14.8. The van der Waals surface area contributed by atoms with Crippen molar-refractivity contribution in [1.82, 2.24) is 30.4 Å². The van der Waals surface area contributed by atoms with Gasteiger partial charge in [-0.2, -0.15) is 4.68 Å². The molecule has 0 radical (unpaired) electrons. The Labute approximate surface area is 169 Å². The van der Waals surface area contributed by atoms with Crippen LogP contribution in [0, 0.1) is 0 Å². The van der Waals surface area contributed by atoms with Crippen molar-refractivity contribution in [1.29, 1.82) is 0 Å². The highest BCUT2D eigenvalue weighted by Crippen LogP contribution is 2.29. The van der Waals surface area contributed by atoms with Gasteiger partial charge in [-0.05, 0) is 41.6 Å². The topological polar surface area (TPSA) is 91.8 Å². The molecule has 0 saturated carbocycles. The van der Waals surface area contributed by atoms with Crippen LogP contribution < -0.4 is 4.74 Å². The minimum atomic E-state index is 0.377. The third kappa shape index (κ3) is 3.85. The summed E-state index contributed by atoms with van der Waals surface area (Å²) in [5.41, 5.74) is 1.46. The summed E-state index contributed by atoms with van der Waals surface area (Å²) in [6, 6.07) is 14.9. The lowest BCUT2D eigenvalue weighted by molar-refractivity contribution is 0.337. The number of rotatable bonds is 7. The lowest BCUT2D eigenvalue weighted by atomic mass is 10.2. The lowest BCUT2D eigenvalue weighted by Crippen LogP contribution is -2.03. The molecule has 0 spiro atoms. The van der Waals surface area contributed by atoms with Crippen LogP contribution in [0.2, 0.25) is 5.02 Å². The number of aromatic nitrogens is 6. The Morgan fingerprint density at radius 2 is 1.89 bits per heavy atom. The standard InChI is InChI=1S/C18H15ClN6O2S/c1-2-26-15-10-6-5-9-14(15)25-18(22-23-24-25)28-11-16-20-21-17(27-16)12-7-3-4-8-13(12)19/h3-10H,2,11H2,1H3. The number of thioether (sulfide) groups is 1. The number of ether oxygens (including phenoxy) is 1. The van der Waals surface area contributed by atoms with E-state index in [-0.39, 0.29) is 0 Å². The van der Waals surface area contributed by atoms with E-state index in [1.165, 1.54) is 11.8 Å². The van der Waals surface area contributed by atoms with E-state index in [1.807, 2.05) is 49.4 Å². The number of nitrogens with zero attached hydrogens (tertiary/aromatic N) is 6. The maximum Gasteiger partial charge on any atom is 0.249 e. The second-order valence-corrected chi connectivity index (χ2v) is 6.89. The van der Waals surface area contributed by atoms with E-state index < -0.39 is 0 Å². The SMILES string of the molecule is CCOc1ccccc1-n1nnnc1SCc1nnc(-c2ccccc2Cl)o1. The molecule has 4 rings (SSSR count). The van der Waals surface area contributed by atoms with E-state index in [0.717, 1.165) is 5.69 Å². The summed E-state index contributed by atoms with van der Waals surface area (Å²) in [6.45, 7) is 2.48. The highest BCUT2D eigenvalue weighted by atomic mass is 35.5. The van der Waals surface area contributed by atoms with E-state index >= 15 is 0 Å². The molecule has 0 saturated heterocycles. The van der Waals surface area contributed by atoms with E-state index in [1.54, 1.807) is 10.7 Å². The van der Waals surface area contributed by atoms with E-state index in [0.29, 0.717) is 45.6 Å². The van der Waals surface area contributed by atoms with Crippen molar-refractivity contribution in [2.75, 3.05) is 6.61 Å². The Kier molecular flexibility index (Phi) is 5.54. The summed E-state index contributed by atoms with van der Waals surface area (Å²) in [5.74, 6) is 1.95. The zero-order valence-corrected chi connectivity index (χ0v) is 16.4. The van der Waals surface area contributed by atoms with Crippen LogP contribution in [0.25, 0.3) is 17.1 Å². The molecule has 0 aliphatic carbocycles. The number of para-hydroxylation sites is 2. The Bertz CT molecular complexity index is 1080. The molecule has 0 fully saturated rings. The van der Waals surface area contributed by atoms with Crippen molar-refractivity contribution in [3.05, 3.63) is 59.4 Å². The first kappa shape index (κ1) is 18.5. The number of halogens is 1. The maximum absolute atomic E-state index is 6.18. The van der Waals surface area contributed by atoms with Crippen LogP contribution in [0.15, 0.2) is 58.1 Å². The molecule has 142 valence electrons. The van der Waals surface area contributed by atoms with Gasteiger partial charge in [0.25, 0.3) is 0 Å². The van der Waals surface area contributed by atoms with E-state index in [4.69, 9.17) is 20.8 Å². The maximum atomic E-state index is 6.18. The molecule has 4 aromatic rings. The summed E-state index contributed by atoms with van der Waals surface area (Å²) in [4.78, 5) is 0. The van der Waals surface area contributed by atoms with Crippen LogP contribution in [0.3, 0.4) is 0 Å². The summed E-state index contributed by atoms with van der Waals surface area (Å²) in [5, 5.41) is 21.2. The van der Waals surface area contributed by atoms with Crippen LogP contribution in [-0.2, 0) is 5.75 Å². The Balaban J connectivity index is 1.52. The molecule has 2 aromatic carbocycles. The first-order valence-electron chi connectivity index (χ1n) is 8.47. The van der Waals surface area contributed by atoms with Gasteiger partial charge in [-0.3, -0.25) is 0 Å². The summed E-state index contributed by atoms with van der Waals surface area (Å²) >= 11 is 7.56.